The van der Waals surface area contributed by atoms with E-state index in [1.807, 2.05) is 11.8 Å². The molecule has 1 nitrogen and oxygen atoms in total. The molecule has 1 aromatic carbocycles. The van der Waals surface area contributed by atoms with Crippen LogP contribution in [0.15, 0.2) is 29.2 Å². The van der Waals surface area contributed by atoms with Crippen LogP contribution < -0.4 is 5.73 Å². The van der Waals surface area contributed by atoms with Crippen molar-refractivity contribution in [1.82, 2.24) is 0 Å². The lowest BCUT2D eigenvalue weighted by molar-refractivity contribution is 0.727. The van der Waals surface area contributed by atoms with E-state index in [9.17, 15) is 0 Å². The summed E-state index contributed by atoms with van der Waals surface area (Å²) in [6.45, 7) is 0. The predicted molar refractivity (Wildman–Crippen MR) is 56.1 cm³/mol. The van der Waals surface area contributed by atoms with Gasteiger partial charge in [-0.05, 0) is 18.1 Å². The molecule has 0 amide bonds. The summed E-state index contributed by atoms with van der Waals surface area (Å²) in [5, 5.41) is 0. The molecule has 2 N–H and O–H groups in total. The number of thioether (sulfide) groups is 1. The summed E-state index contributed by atoms with van der Waals surface area (Å²) in [5.74, 6) is 1.07. The van der Waals surface area contributed by atoms with E-state index >= 15 is 0 Å². The van der Waals surface area contributed by atoms with Crippen molar-refractivity contribution in [3.63, 3.8) is 0 Å². The summed E-state index contributed by atoms with van der Waals surface area (Å²) < 4.78 is 0. The molecule has 1 aliphatic rings. The minimum absolute atomic E-state index is 0. The zero-order valence-electron chi connectivity index (χ0n) is 6.69. The number of hydrogen-bond acceptors (Lipinski definition) is 2. The highest BCUT2D eigenvalue weighted by atomic mass is 35.5. The van der Waals surface area contributed by atoms with Crippen LogP contribution >= 0.6 is 24.2 Å². The van der Waals surface area contributed by atoms with Gasteiger partial charge in [-0.15, -0.1) is 24.2 Å². The molecule has 1 atom stereocenters. The van der Waals surface area contributed by atoms with Crippen molar-refractivity contribution in [2.75, 3.05) is 5.75 Å². The fourth-order valence-electron chi connectivity index (χ4n) is 1.35. The molecular weight excluding hydrogens is 190 g/mol. The number of nitrogens with two attached hydrogens (primary N) is 1. The Hall–Kier alpha value is -0.180. The molecule has 0 fully saturated rings. The summed E-state index contributed by atoms with van der Waals surface area (Å²) in [4.78, 5) is 1.41. The maximum Gasteiger partial charge on any atom is 0.0175 e. The van der Waals surface area contributed by atoms with Crippen LogP contribution in [0.25, 0.3) is 0 Å². The average molecular weight is 202 g/mol. The van der Waals surface area contributed by atoms with E-state index in [0.29, 0.717) is 6.04 Å². The molecule has 0 aliphatic carbocycles. The third-order valence-electron chi connectivity index (χ3n) is 1.91. The summed E-state index contributed by atoms with van der Waals surface area (Å²) in [5.41, 5.74) is 7.24. The van der Waals surface area contributed by atoms with Crippen LogP contribution in [0.5, 0.6) is 0 Å². The molecule has 2 rings (SSSR count). The molecule has 0 radical (unpaired) electrons. The van der Waals surface area contributed by atoms with Crippen LogP contribution in [-0.4, -0.2) is 11.8 Å². The van der Waals surface area contributed by atoms with Crippen molar-refractivity contribution in [2.24, 2.45) is 5.73 Å². The van der Waals surface area contributed by atoms with Crippen LogP contribution in [0.3, 0.4) is 0 Å². The molecule has 0 bridgehead atoms. The fourth-order valence-corrected chi connectivity index (χ4v) is 2.37. The molecule has 1 unspecified atom stereocenters. The summed E-state index contributed by atoms with van der Waals surface area (Å²) >= 11 is 1.87. The van der Waals surface area contributed by atoms with Gasteiger partial charge in [0.2, 0.25) is 0 Å². The maximum absolute atomic E-state index is 5.83. The molecule has 1 heterocycles. The number of rotatable bonds is 0. The summed E-state index contributed by atoms with van der Waals surface area (Å²) in [6, 6.07) is 8.86. The molecule has 1 aliphatic heterocycles. The Balaban J connectivity index is 0.000000720. The number of hydrogen-bond donors (Lipinski definition) is 1. The van der Waals surface area contributed by atoms with Gasteiger partial charge < -0.3 is 5.73 Å². The molecular formula is C9H12ClNS. The van der Waals surface area contributed by atoms with Crippen LogP contribution in [0, 0.1) is 0 Å². The zero-order chi connectivity index (χ0) is 7.68. The van der Waals surface area contributed by atoms with Crippen LogP contribution in [0.1, 0.15) is 5.56 Å². The van der Waals surface area contributed by atoms with Gasteiger partial charge in [0.05, 0.1) is 0 Å². The van der Waals surface area contributed by atoms with Crippen LogP contribution in [-0.2, 0) is 6.42 Å². The van der Waals surface area contributed by atoms with Crippen LogP contribution in [0.4, 0.5) is 0 Å². The number of benzene rings is 1. The first-order valence-electron chi connectivity index (χ1n) is 3.82. The third-order valence-corrected chi connectivity index (χ3v) is 3.21. The minimum Gasteiger partial charge on any atom is -0.327 e. The van der Waals surface area contributed by atoms with Gasteiger partial charge in [0.25, 0.3) is 0 Å². The fraction of sp³-hybridized carbons (Fsp3) is 0.333. The first-order chi connectivity index (χ1) is 5.36. The van der Waals surface area contributed by atoms with E-state index in [4.69, 9.17) is 5.73 Å². The van der Waals surface area contributed by atoms with Crippen LogP contribution in [0.2, 0.25) is 0 Å². The van der Waals surface area contributed by atoms with Gasteiger partial charge in [0.15, 0.2) is 0 Å². The Kier molecular flexibility index (Phi) is 3.44. The number of fused-ring (bicyclic) bond motifs is 1. The number of halogens is 1. The standard InChI is InChI=1S/C9H11NS.ClH/c10-8-5-7-3-1-2-4-9(7)11-6-8;/h1-4,8H,5-6,10H2;1H. The van der Waals surface area contributed by atoms with Gasteiger partial charge in [-0.3, -0.25) is 0 Å². The van der Waals surface area contributed by atoms with Crippen molar-refractivity contribution in [1.29, 1.82) is 0 Å². The zero-order valence-corrected chi connectivity index (χ0v) is 8.33. The predicted octanol–water partition coefficient (Wildman–Crippen LogP) is 2.08. The minimum atomic E-state index is 0. The largest absolute Gasteiger partial charge is 0.327 e. The van der Waals surface area contributed by atoms with E-state index in [-0.39, 0.29) is 12.4 Å². The lowest BCUT2D eigenvalue weighted by Gasteiger charge is -2.19. The smallest absolute Gasteiger partial charge is 0.0175 e. The third kappa shape index (κ3) is 1.94. The Bertz CT molecular complexity index is 264. The van der Waals surface area contributed by atoms with E-state index in [1.165, 1.54) is 10.5 Å². The van der Waals surface area contributed by atoms with Crippen molar-refractivity contribution >= 4 is 24.2 Å². The Labute approximate surface area is 83.1 Å². The van der Waals surface area contributed by atoms with E-state index in [0.717, 1.165) is 12.2 Å². The molecule has 12 heavy (non-hydrogen) atoms. The quantitative estimate of drug-likeness (QED) is 0.696. The molecule has 66 valence electrons. The first-order valence-corrected chi connectivity index (χ1v) is 4.81. The van der Waals surface area contributed by atoms with Gasteiger partial charge in [-0.2, -0.15) is 0 Å². The second-order valence-electron chi connectivity index (χ2n) is 2.88. The Morgan fingerprint density at radius 3 is 2.92 bits per heavy atom. The van der Waals surface area contributed by atoms with E-state index < -0.39 is 0 Å². The Morgan fingerprint density at radius 2 is 2.08 bits per heavy atom. The van der Waals surface area contributed by atoms with Crippen molar-refractivity contribution in [2.45, 2.75) is 17.4 Å². The second-order valence-corrected chi connectivity index (χ2v) is 3.94. The molecule has 0 saturated carbocycles. The lowest BCUT2D eigenvalue weighted by atomic mass is 10.1. The maximum atomic E-state index is 5.83. The highest BCUT2D eigenvalue weighted by molar-refractivity contribution is 7.99. The average Bonchev–Trinajstić information content (AvgIpc) is 2.04. The SMILES string of the molecule is Cl.NC1CSc2ccccc2C1. The molecule has 0 spiro atoms. The molecule has 0 saturated heterocycles. The lowest BCUT2D eigenvalue weighted by Crippen LogP contribution is -2.28. The highest BCUT2D eigenvalue weighted by Gasteiger charge is 2.14. The Morgan fingerprint density at radius 1 is 1.33 bits per heavy atom. The van der Waals surface area contributed by atoms with Crippen molar-refractivity contribution < 1.29 is 0 Å². The molecule has 0 aromatic heterocycles. The van der Waals surface area contributed by atoms with Gasteiger partial charge in [-0.1, -0.05) is 18.2 Å². The van der Waals surface area contributed by atoms with E-state index in [2.05, 4.69) is 24.3 Å². The molecule has 3 heteroatoms. The van der Waals surface area contributed by atoms with Gasteiger partial charge in [0.1, 0.15) is 0 Å². The second kappa shape index (κ2) is 4.17. The molecule has 1 aromatic rings. The van der Waals surface area contributed by atoms with Crippen molar-refractivity contribution in [3.8, 4) is 0 Å². The van der Waals surface area contributed by atoms with Gasteiger partial charge >= 0.3 is 0 Å². The summed E-state index contributed by atoms with van der Waals surface area (Å²) in [6.07, 6.45) is 1.04. The highest BCUT2D eigenvalue weighted by Crippen LogP contribution is 2.28. The topological polar surface area (TPSA) is 26.0 Å². The monoisotopic (exact) mass is 201 g/mol. The van der Waals surface area contributed by atoms with E-state index in [1.54, 1.807) is 0 Å². The normalized spacial score (nSPS) is 20.9. The van der Waals surface area contributed by atoms with Crippen molar-refractivity contribution in [3.05, 3.63) is 29.8 Å². The summed E-state index contributed by atoms with van der Waals surface area (Å²) in [7, 11) is 0. The first kappa shape index (κ1) is 9.90. The van der Waals surface area contributed by atoms with Gasteiger partial charge in [0, 0.05) is 16.7 Å². The van der Waals surface area contributed by atoms with Gasteiger partial charge in [-0.25, -0.2) is 0 Å².